The number of aliphatic hydroxyl groups is 2. The highest BCUT2D eigenvalue weighted by molar-refractivity contribution is 6.11. The van der Waals surface area contributed by atoms with E-state index < -0.39 is 0 Å². The van der Waals surface area contributed by atoms with Gasteiger partial charge < -0.3 is 10.2 Å². The SMILES string of the molecule is CC=C(C=CCC(C)(C)C1=CC2CC2=CC1=NC)C=CC(C)N(CCO)CCO. The Kier molecular flexibility index (Phi) is 8.81. The number of hydrogen-bond acceptors (Lipinski definition) is 4. The molecule has 29 heavy (non-hydrogen) atoms. The van der Waals surface area contributed by atoms with E-state index in [-0.39, 0.29) is 24.7 Å². The lowest BCUT2D eigenvalue weighted by Gasteiger charge is -2.28. The summed E-state index contributed by atoms with van der Waals surface area (Å²) in [4.78, 5) is 6.58. The zero-order chi connectivity index (χ0) is 21.4. The zero-order valence-corrected chi connectivity index (χ0v) is 18.7. The molecule has 0 saturated heterocycles. The van der Waals surface area contributed by atoms with Gasteiger partial charge in [0, 0.05) is 32.1 Å². The molecule has 0 bridgehead atoms. The Hall–Kier alpha value is -1.75. The standard InChI is InChI=1S/C25H38N2O2/c1-6-20(10-9-19(2)27(12-14-28)13-15-29)8-7-11-25(3,4)23-17-21-16-22(21)18-24(23)26-5/h6-10,17-19,21,28-29H,11-16H2,1-5H3. The molecule has 1 saturated carbocycles. The molecular formula is C25H38N2O2. The van der Waals surface area contributed by atoms with Crippen LogP contribution in [0.25, 0.3) is 0 Å². The Morgan fingerprint density at radius 3 is 2.55 bits per heavy atom. The van der Waals surface area contributed by atoms with Gasteiger partial charge in [-0.15, -0.1) is 0 Å². The van der Waals surface area contributed by atoms with E-state index >= 15 is 0 Å². The Morgan fingerprint density at radius 2 is 1.97 bits per heavy atom. The summed E-state index contributed by atoms with van der Waals surface area (Å²) in [5, 5.41) is 18.4. The van der Waals surface area contributed by atoms with Gasteiger partial charge in [-0.05, 0) is 49.3 Å². The van der Waals surface area contributed by atoms with E-state index in [1.165, 1.54) is 17.6 Å². The normalized spacial score (nSPS) is 22.4. The molecule has 4 heteroatoms. The molecule has 0 radical (unpaired) electrons. The summed E-state index contributed by atoms with van der Waals surface area (Å²) in [6, 6.07) is 0.157. The molecular weight excluding hydrogens is 360 g/mol. The van der Waals surface area contributed by atoms with E-state index in [0.717, 1.165) is 17.7 Å². The van der Waals surface area contributed by atoms with Crippen LogP contribution in [0.5, 0.6) is 0 Å². The van der Waals surface area contributed by atoms with Crippen molar-refractivity contribution in [2.24, 2.45) is 16.3 Å². The molecule has 0 aromatic carbocycles. The molecule has 0 aromatic rings. The number of allylic oxidation sites excluding steroid dienone is 9. The molecule has 160 valence electrons. The van der Waals surface area contributed by atoms with Gasteiger partial charge in [-0.1, -0.05) is 55.9 Å². The Labute approximate surface area is 176 Å². The number of nitrogens with zero attached hydrogens (tertiary/aromatic N) is 2. The van der Waals surface area contributed by atoms with Gasteiger partial charge in [0.1, 0.15) is 0 Å². The Morgan fingerprint density at radius 1 is 1.28 bits per heavy atom. The fourth-order valence-electron chi connectivity index (χ4n) is 3.82. The van der Waals surface area contributed by atoms with Gasteiger partial charge in [0.05, 0.1) is 18.9 Å². The molecule has 0 aromatic heterocycles. The van der Waals surface area contributed by atoms with E-state index in [1.54, 1.807) is 0 Å². The highest BCUT2D eigenvalue weighted by Crippen LogP contribution is 2.47. The van der Waals surface area contributed by atoms with Gasteiger partial charge in [-0.3, -0.25) is 9.89 Å². The first-order chi connectivity index (χ1) is 13.9. The van der Waals surface area contributed by atoms with Crippen molar-refractivity contribution in [2.45, 2.75) is 46.6 Å². The molecule has 1 fully saturated rings. The lowest BCUT2D eigenvalue weighted by atomic mass is 9.76. The molecule has 2 atom stereocenters. The van der Waals surface area contributed by atoms with Crippen molar-refractivity contribution in [2.75, 3.05) is 33.4 Å². The molecule has 2 rings (SSSR count). The van der Waals surface area contributed by atoms with E-state index in [2.05, 4.69) is 73.2 Å². The fraction of sp³-hybridized carbons (Fsp3) is 0.560. The molecule has 0 amide bonds. The first-order valence-corrected chi connectivity index (χ1v) is 10.7. The zero-order valence-electron chi connectivity index (χ0n) is 18.7. The first kappa shape index (κ1) is 23.5. The van der Waals surface area contributed by atoms with E-state index in [9.17, 15) is 10.2 Å². The minimum atomic E-state index is 0.0465. The lowest BCUT2D eigenvalue weighted by molar-refractivity contribution is 0.145. The van der Waals surface area contributed by atoms with E-state index in [1.807, 2.05) is 14.0 Å². The van der Waals surface area contributed by atoms with Crippen molar-refractivity contribution in [3.8, 4) is 0 Å². The third-order valence-electron chi connectivity index (χ3n) is 5.90. The summed E-state index contributed by atoms with van der Waals surface area (Å²) in [6.07, 6.45) is 17.6. The number of aliphatic hydroxyl groups excluding tert-OH is 2. The molecule has 4 nitrogen and oxygen atoms in total. The van der Waals surface area contributed by atoms with Crippen LogP contribution in [0, 0.1) is 11.3 Å². The van der Waals surface area contributed by atoms with Crippen LogP contribution in [0.2, 0.25) is 0 Å². The van der Waals surface area contributed by atoms with Crippen LogP contribution in [0.15, 0.2) is 64.2 Å². The maximum Gasteiger partial charge on any atom is 0.0605 e. The van der Waals surface area contributed by atoms with Crippen LogP contribution >= 0.6 is 0 Å². The van der Waals surface area contributed by atoms with Gasteiger partial charge in [-0.25, -0.2) is 0 Å². The quantitative estimate of drug-likeness (QED) is 0.515. The maximum absolute atomic E-state index is 9.20. The third kappa shape index (κ3) is 6.63. The van der Waals surface area contributed by atoms with Crippen LogP contribution in [-0.4, -0.2) is 60.2 Å². The summed E-state index contributed by atoms with van der Waals surface area (Å²) in [6.45, 7) is 10.0. The maximum atomic E-state index is 9.20. The summed E-state index contributed by atoms with van der Waals surface area (Å²) in [5.74, 6) is 0.648. The average Bonchev–Trinajstić information content (AvgIpc) is 3.47. The second-order valence-electron chi connectivity index (χ2n) is 8.58. The van der Waals surface area contributed by atoms with Gasteiger partial charge in [0.2, 0.25) is 0 Å². The minimum Gasteiger partial charge on any atom is -0.395 e. The monoisotopic (exact) mass is 398 g/mol. The topological polar surface area (TPSA) is 56.1 Å². The molecule has 2 aliphatic carbocycles. The smallest absolute Gasteiger partial charge is 0.0605 e. The van der Waals surface area contributed by atoms with Crippen molar-refractivity contribution in [3.05, 3.63) is 59.3 Å². The van der Waals surface area contributed by atoms with Crippen molar-refractivity contribution < 1.29 is 10.2 Å². The van der Waals surface area contributed by atoms with Crippen molar-refractivity contribution in [1.82, 2.24) is 4.90 Å². The van der Waals surface area contributed by atoms with Crippen LogP contribution in [0.3, 0.4) is 0 Å². The molecule has 0 spiro atoms. The number of rotatable bonds is 11. The number of fused-ring (bicyclic) bond motifs is 1. The van der Waals surface area contributed by atoms with Gasteiger partial charge in [0.25, 0.3) is 0 Å². The fourth-order valence-corrected chi connectivity index (χ4v) is 3.82. The van der Waals surface area contributed by atoms with E-state index in [4.69, 9.17) is 0 Å². The summed E-state index contributed by atoms with van der Waals surface area (Å²) in [5.41, 5.74) is 5.23. The summed E-state index contributed by atoms with van der Waals surface area (Å²) >= 11 is 0. The molecule has 2 unspecified atom stereocenters. The largest absolute Gasteiger partial charge is 0.395 e. The molecule has 2 aliphatic rings. The first-order valence-electron chi connectivity index (χ1n) is 10.7. The van der Waals surface area contributed by atoms with Gasteiger partial charge in [-0.2, -0.15) is 0 Å². The predicted molar refractivity (Wildman–Crippen MR) is 123 cm³/mol. The van der Waals surface area contributed by atoms with E-state index in [0.29, 0.717) is 19.0 Å². The number of hydrogen-bond donors (Lipinski definition) is 2. The van der Waals surface area contributed by atoms with Gasteiger partial charge >= 0.3 is 0 Å². The molecule has 0 aliphatic heterocycles. The Bertz CT molecular complexity index is 732. The average molecular weight is 399 g/mol. The number of aliphatic imine (C=N–C) groups is 1. The van der Waals surface area contributed by atoms with Crippen LogP contribution < -0.4 is 0 Å². The van der Waals surface area contributed by atoms with Crippen molar-refractivity contribution in [3.63, 3.8) is 0 Å². The lowest BCUT2D eigenvalue weighted by Crippen LogP contribution is -2.36. The molecule has 0 heterocycles. The molecule has 2 N–H and O–H groups in total. The Balaban J connectivity index is 1.98. The predicted octanol–water partition coefficient (Wildman–Crippen LogP) is 4.09. The van der Waals surface area contributed by atoms with Gasteiger partial charge in [0.15, 0.2) is 0 Å². The highest BCUT2D eigenvalue weighted by atomic mass is 16.3. The highest BCUT2D eigenvalue weighted by Gasteiger charge is 2.36. The van der Waals surface area contributed by atoms with Crippen LogP contribution in [-0.2, 0) is 0 Å². The summed E-state index contributed by atoms with van der Waals surface area (Å²) in [7, 11) is 1.88. The van der Waals surface area contributed by atoms with Crippen LogP contribution in [0.4, 0.5) is 0 Å². The van der Waals surface area contributed by atoms with Crippen molar-refractivity contribution in [1.29, 1.82) is 0 Å². The summed E-state index contributed by atoms with van der Waals surface area (Å²) < 4.78 is 0. The second kappa shape index (κ2) is 10.9. The third-order valence-corrected chi connectivity index (χ3v) is 5.90. The van der Waals surface area contributed by atoms with Crippen LogP contribution in [0.1, 0.15) is 40.5 Å². The second-order valence-corrected chi connectivity index (χ2v) is 8.58. The van der Waals surface area contributed by atoms with Crippen molar-refractivity contribution >= 4 is 5.71 Å². The minimum absolute atomic E-state index is 0.0465.